The Balaban J connectivity index is -0.0000000566. The van der Waals surface area contributed by atoms with Gasteiger partial charge in [-0.25, -0.2) is 9.59 Å². The van der Waals surface area contributed by atoms with Gasteiger partial charge in [0.15, 0.2) is 0 Å². The van der Waals surface area contributed by atoms with Gasteiger partial charge in [0.2, 0.25) is 0 Å². The predicted molar refractivity (Wildman–Crippen MR) is 99.8 cm³/mol. The summed E-state index contributed by atoms with van der Waals surface area (Å²) in [4.78, 5) is 19.7. The van der Waals surface area contributed by atoms with E-state index in [4.69, 9.17) is 14.8 Å². The monoisotopic (exact) mass is 398 g/mol. The minimum absolute atomic E-state index is 0. The summed E-state index contributed by atoms with van der Waals surface area (Å²) in [7, 11) is -3.97. The average molecular weight is 398 g/mol. The molecule has 0 saturated heterocycles. The van der Waals surface area contributed by atoms with Gasteiger partial charge in [-0.2, -0.15) is 8.42 Å². The number of rotatable bonds is 6. The molecule has 136 valence electrons. The van der Waals surface area contributed by atoms with Crippen molar-refractivity contribution in [3.05, 3.63) is 48.4 Å². The van der Waals surface area contributed by atoms with Crippen LogP contribution in [0.2, 0.25) is 0 Å². The fourth-order valence-electron chi connectivity index (χ4n) is 0.545. The number of aliphatic hydroxyl groups is 1. The third-order valence-corrected chi connectivity index (χ3v) is 2.17. The van der Waals surface area contributed by atoms with E-state index in [2.05, 4.69) is 24.5 Å². The third kappa shape index (κ3) is 40.1. The second-order valence-corrected chi connectivity index (χ2v) is 5.03. The molecule has 0 aliphatic carbocycles. The summed E-state index contributed by atoms with van der Waals surface area (Å²) in [5.74, 6) is -1.44. The first-order chi connectivity index (χ1) is 10.4. The number of hydrogen-bond donors (Lipinski definition) is 3. The molecule has 0 aromatic carbocycles. The minimum atomic E-state index is -3.97. The fourth-order valence-corrected chi connectivity index (χ4v) is 1.11. The minimum Gasteiger partial charge on any atom is -0.478 e. The van der Waals surface area contributed by atoms with E-state index in [9.17, 15) is 18.0 Å². The maximum absolute atomic E-state index is 10.5. The van der Waals surface area contributed by atoms with Crippen LogP contribution in [0.1, 0.15) is 15.3 Å². The number of carbonyl (C=O) groups is 2. The van der Waals surface area contributed by atoms with Gasteiger partial charge in [0, 0.05) is 72.2 Å². The van der Waals surface area contributed by atoms with E-state index in [1.165, 1.54) is 13.0 Å². The first-order valence-electron chi connectivity index (χ1n) is 5.98. The quantitative estimate of drug-likeness (QED) is 0.196. The Kier molecular flexibility index (Phi) is 31.2. The van der Waals surface area contributed by atoms with E-state index in [-0.39, 0.29) is 73.8 Å². The molecule has 0 amide bonds. The molecule has 0 aliphatic rings. The molecular formula is C14H24Na2O8S. The van der Waals surface area contributed by atoms with Crippen LogP contribution in [-0.2, 0) is 24.4 Å². The zero-order valence-electron chi connectivity index (χ0n) is 15.1. The molecule has 0 saturated carbocycles. The molecule has 0 aromatic rings. The summed E-state index contributed by atoms with van der Waals surface area (Å²) in [6, 6.07) is 0. The van der Waals surface area contributed by atoms with Crippen LogP contribution in [0.15, 0.2) is 48.4 Å². The van der Waals surface area contributed by atoms with Crippen LogP contribution in [0.4, 0.5) is 0 Å². The molecule has 0 atom stereocenters. The Hall–Kier alpha value is -0.230. The molecule has 8 nitrogen and oxygen atoms in total. The predicted octanol–water partition coefficient (Wildman–Crippen LogP) is 0.803. The van der Waals surface area contributed by atoms with Gasteiger partial charge in [0.25, 0.3) is 10.1 Å². The summed E-state index contributed by atoms with van der Waals surface area (Å²) in [5.41, 5.74) is 0.765. The Bertz CT molecular complexity index is 559. The van der Waals surface area contributed by atoms with Gasteiger partial charge in [-0.1, -0.05) is 25.8 Å². The van der Waals surface area contributed by atoms with E-state index in [1.54, 1.807) is 6.92 Å². The Morgan fingerprint density at radius 1 is 1.16 bits per heavy atom. The summed E-state index contributed by atoms with van der Waals surface area (Å²) < 4.78 is 32.7. The Morgan fingerprint density at radius 2 is 1.56 bits per heavy atom. The molecule has 0 heterocycles. The molecule has 0 spiro atoms. The van der Waals surface area contributed by atoms with Gasteiger partial charge < -0.3 is 14.9 Å². The van der Waals surface area contributed by atoms with Gasteiger partial charge in [-0.3, -0.25) is 4.55 Å². The van der Waals surface area contributed by atoms with Crippen LogP contribution in [-0.4, -0.2) is 107 Å². The second-order valence-electron chi connectivity index (χ2n) is 3.76. The number of esters is 1. The number of ether oxygens (including phenoxy) is 1. The molecule has 0 bridgehead atoms. The normalized spacial score (nSPS) is 9.20. The first-order valence-corrected chi connectivity index (χ1v) is 7.48. The molecule has 0 aliphatic heterocycles. The number of aliphatic carboxylic acids is 1. The molecular weight excluding hydrogens is 374 g/mol. The van der Waals surface area contributed by atoms with E-state index in [0.717, 1.165) is 11.5 Å². The van der Waals surface area contributed by atoms with Crippen molar-refractivity contribution >= 4 is 81.2 Å². The molecule has 2 radical (unpaired) electrons. The zero-order chi connectivity index (χ0) is 19.1. The van der Waals surface area contributed by atoms with E-state index in [1.807, 2.05) is 0 Å². The van der Waals surface area contributed by atoms with E-state index >= 15 is 0 Å². The van der Waals surface area contributed by atoms with Crippen molar-refractivity contribution in [3.63, 3.8) is 0 Å². The maximum atomic E-state index is 10.5. The van der Waals surface area contributed by atoms with Crippen molar-refractivity contribution in [1.29, 1.82) is 0 Å². The van der Waals surface area contributed by atoms with Gasteiger partial charge in [0.1, 0.15) is 6.61 Å². The summed E-state index contributed by atoms with van der Waals surface area (Å²) in [6.07, 6.45) is 2.17. The molecule has 25 heavy (non-hydrogen) atoms. The number of allylic oxidation sites excluding steroid dienone is 2. The van der Waals surface area contributed by atoms with Crippen LogP contribution in [0.25, 0.3) is 0 Å². The van der Waals surface area contributed by atoms with Gasteiger partial charge in [-0.15, -0.1) is 0 Å². The van der Waals surface area contributed by atoms with Crippen molar-refractivity contribution in [3.8, 4) is 0 Å². The number of aliphatic hydroxyl groups excluding tert-OH is 1. The molecule has 0 rings (SSSR count). The van der Waals surface area contributed by atoms with Crippen LogP contribution in [0.5, 0.6) is 0 Å². The third-order valence-electron chi connectivity index (χ3n) is 1.50. The van der Waals surface area contributed by atoms with Crippen molar-refractivity contribution in [1.82, 2.24) is 0 Å². The molecule has 0 aromatic heterocycles. The number of carboxylic acids is 1. The number of carbonyl (C=O) groups excluding carboxylic acids is 1. The van der Waals surface area contributed by atoms with E-state index in [0.29, 0.717) is 11.1 Å². The Labute approximate surface area is 194 Å². The largest absolute Gasteiger partial charge is 0.478 e. The fraction of sp³-hybridized carbons (Fsp3) is 0.286. The SMILES string of the molecule is C=C(C)C(=O)OCCO.C=CC(=O)O.C=CC(C)=CS(=O)(=O)O.[HH].[Na].[Na]. The molecule has 0 fully saturated rings. The van der Waals surface area contributed by atoms with E-state index < -0.39 is 22.1 Å². The first kappa shape index (κ1) is 35.8. The summed E-state index contributed by atoms with van der Waals surface area (Å²) in [5, 5.41) is 16.5. The van der Waals surface area contributed by atoms with Crippen LogP contribution < -0.4 is 0 Å². The summed E-state index contributed by atoms with van der Waals surface area (Å²) in [6.45, 7) is 12.6. The van der Waals surface area contributed by atoms with Gasteiger partial charge in [-0.05, 0) is 19.4 Å². The Morgan fingerprint density at radius 3 is 1.72 bits per heavy atom. The number of carboxylic acid groups (broad SMARTS) is 1. The smallest absolute Gasteiger partial charge is 0.333 e. The zero-order valence-corrected chi connectivity index (χ0v) is 19.9. The van der Waals surface area contributed by atoms with Crippen molar-refractivity contribution in [2.75, 3.05) is 13.2 Å². The number of hydrogen-bond acceptors (Lipinski definition) is 6. The second kappa shape index (κ2) is 21.8. The summed E-state index contributed by atoms with van der Waals surface area (Å²) >= 11 is 0. The molecule has 3 N–H and O–H groups in total. The van der Waals surface area contributed by atoms with Crippen molar-refractivity contribution in [2.45, 2.75) is 13.8 Å². The standard InChI is InChI=1S/C6H10O3.C5H8O3S.C3H4O2.2Na.H2/c1-5(2)6(8)9-4-3-7;1-3-5(2)4-9(6,7)8;1-2-3(4)5;;;/h7H,1,3-4H2,2H3;3-4H,1H2,2H3,(H,6,7,8);2H,1H2,(H,4,5);;;1H. The van der Waals surface area contributed by atoms with Crippen LogP contribution in [0, 0.1) is 0 Å². The van der Waals surface area contributed by atoms with Crippen LogP contribution >= 0.6 is 0 Å². The van der Waals surface area contributed by atoms with Crippen LogP contribution in [0.3, 0.4) is 0 Å². The van der Waals surface area contributed by atoms with Crippen molar-refractivity contribution in [2.24, 2.45) is 0 Å². The molecule has 11 heteroatoms. The average Bonchev–Trinajstić information content (AvgIpc) is 2.43. The topological polar surface area (TPSA) is 138 Å². The van der Waals surface area contributed by atoms with Crippen molar-refractivity contribution < 1.29 is 38.9 Å². The molecule has 0 unspecified atom stereocenters. The maximum Gasteiger partial charge on any atom is 0.333 e. The van der Waals surface area contributed by atoms with Gasteiger partial charge >= 0.3 is 11.9 Å². The van der Waals surface area contributed by atoms with Gasteiger partial charge in [0.05, 0.1) is 12.0 Å².